The van der Waals surface area contributed by atoms with Crippen LogP contribution < -0.4 is 5.32 Å². The summed E-state index contributed by atoms with van der Waals surface area (Å²) in [5.41, 5.74) is 0.594. The Morgan fingerprint density at radius 1 is 1.38 bits per heavy atom. The number of nitrogens with zero attached hydrogens (tertiary/aromatic N) is 3. The largest absolute Gasteiger partial charge is 0.385 e. The van der Waals surface area contributed by atoms with Crippen LogP contribution in [0.3, 0.4) is 0 Å². The molecule has 1 aromatic heterocycles. The van der Waals surface area contributed by atoms with Crippen LogP contribution in [-0.4, -0.2) is 71.3 Å². The molecule has 2 N–H and O–H groups in total. The third-order valence-electron chi connectivity index (χ3n) is 5.57. The SMILES string of the molecule is CC.CC1CC1C(=O)Nc1cn(-c2cccc(C#CC(C)(O)CCN(C)C=O)c2)nc1C=O.CCOC. The van der Waals surface area contributed by atoms with Gasteiger partial charge in [0.2, 0.25) is 12.3 Å². The highest BCUT2D eigenvalue weighted by atomic mass is 16.5. The number of amides is 2. The summed E-state index contributed by atoms with van der Waals surface area (Å²) in [6.07, 6.45) is 4.09. The van der Waals surface area contributed by atoms with E-state index in [1.54, 1.807) is 51.5 Å². The molecule has 0 aliphatic heterocycles. The molecule has 2 amide bonds. The number of methoxy groups -OCH3 is 1. The van der Waals surface area contributed by atoms with Gasteiger partial charge in [0.1, 0.15) is 11.3 Å². The summed E-state index contributed by atoms with van der Waals surface area (Å²) in [6.45, 7) is 10.8. The highest BCUT2D eigenvalue weighted by molar-refractivity contribution is 5.97. The molecule has 1 aromatic carbocycles. The zero-order valence-electron chi connectivity index (χ0n) is 22.9. The molecule has 3 rings (SSSR count). The van der Waals surface area contributed by atoms with E-state index < -0.39 is 5.60 Å². The van der Waals surface area contributed by atoms with Gasteiger partial charge in [-0.25, -0.2) is 4.68 Å². The third kappa shape index (κ3) is 10.6. The fourth-order valence-electron chi connectivity index (χ4n) is 3.06. The quantitative estimate of drug-likeness (QED) is 0.392. The van der Waals surface area contributed by atoms with E-state index in [0.717, 1.165) is 13.0 Å². The van der Waals surface area contributed by atoms with E-state index in [0.29, 0.717) is 48.5 Å². The first-order valence-electron chi connectivity index (χ1n) is 12.5. The number of benzene rings is 1. The van der Waals surface area contributed by atoms with Crippen molar-refractivity contribution in [2.24, 2.45) is 11.8 Å². The summed E-state index contributed by atoms with van der Waals surface area (Å²) in [6, 6.07) is 7.17. The van der Waals surface area contributed by atoms with E-state index in [4.69, 9.17) is 0 Å². The van der Waals surface area contributed by atoms with Crippen molar-refractivity contribution in [3.05, 3.63) is 41.7 Å². The molecule has 0 saturated heterocycles. The molecule has 0 radical (unpaired) electrons. The summed E-state index contributed by atoms with van der Waals surface area (Å²) in [7, 11) is 3.32. The second-order valence-corrected chi connectivity index (χ2v) is 8.79. The lowest BCUT2D eigenvalue weighted by atomic mass is 10.0. The van der Waals surface area contributed by atoms with Gasteiger partial charge >= 0.3 is 0 Å². The number of hydrogen-bond acceptors (Lipinski definition) is 6. The second kappa shape index (κ2) is 15.6. The molecule has 202 valence electrons. The lowest BCUT2D eigenvalue weighted by molar-refractivity contribution is -0.118. The summed E-state index contributed by atoms with van der Waals surface area (Å²) < 4.78 is 6.05. The molecule has 9 heteroatoms. The van der Waals surface area contributed by atoms with Gasteiger partial charge in [-0.15, -0.1) is 0 Å². The highest BCUT2D eigenvalue weighted by Gasteiger charge is 2.39. The third-order valence-corrected chi connectivity index (χ3v) is 5.57. The highest BCUT2D eigenvalue weighted by Crippen LogP contribution is 2.38. The van der Waals surface area contributed by atoms with Crippen LogP contribution in [0.5, 0.6) is 0 Å². The van der Waals surface area contributed by atoms with Crippen molar-refractivity contribution in [1.82, 2.24) is 14.7 Å². The monoisotopic (exact) mass is 512 g/mol. The Balaban J connectivity index is 0.00000104. The molecular weight excluding hydrogens is 472 g/mol. The molecule has 1 aliphatic rings. The number of anilines is 1. The Labute approximate surface area is 220 Å². The number of rotatable bonds is 9. The number of hydrogen-bond donors (Lipinski definition) is 2. The van der Waals surface area contributed by atoms with Gasteiger partial charge in [-0.2, -0.15) is 5.10 Å². The molecule has 2 aromatic rings. The van der Waals surface area contributed by atoms with Crippen molar-refractivity contribution in [3.63, 3.8) is 0 Å². The smallest absolute Gasteiger partial charge is 0.227 e. The van der Waals surface area contributed by atoms with Gasteiger partial charge in [-0.05, 0) is 44.4 Å². The Morgan fingerprint density at radius 3 is 2.57 bits per heavy atom. The van der Waals surface area contributed by atoms with Gasteiger partial charge in [-0.1, -0.05) is 38.7 Å². The predicted octanol–water partition coefficient (Wildman–Crippen LogP) is 3.54. The Bertz CT molecular complexity index is 1080. The molecule has 1 heterocycles. The maximum atomic E-state index is 12.2. The van der Waals surface area contributed by atoms with E-state index in [1.165, 1.54) is 9.58 Å². The van der Waals surface area contributed by atoms with Crippen LogP contribution in [0.4, 0.5) is 5.69 Å². The number of aliphatic hydroxyl groups is 1. The first kappa shape index (κ1) is 31.5. The molecule has 0 spiro atoms. The van der Waals surface area contributed by atoms with Crippen molar-refractivity contribution in [2.75, 3.05) is 32.6 Å². The van der Waals surface area contributed by atoms with Crippen molar-refractivity contribution in [2.45, 2.75) is 53.1 Å². The molecule has 1 aliphatic carbocycles. The van der Waals surface area contributed by atoms with E-state index in [2.05, 4.69) is 27.0 Å². The van der Waals surface area contributed by atoms with Gasteiger partial charge < -0.3 is 20.1 Å². The van der Waals surface area contributed by atoms with Crippen molar-refractivity contribution in [3.8, 4) is 17.5 Å². The van der Waals surface area contributed by atoms with Gasteiger partial charge in [0.05, 0.1) is 17.6 Å². The summed E-state index contributed by atoms with van der Waals surface area (Å²) in [5.74, 6) is 6.03. The van der Waals surface area contributed by atoms with Crippen LogP contribution in [-0.2, 0) is 14.3 Å². The second-order valence-electron chi connectivity index (χ2n) is 8.79. The standard InChI is InChI=1S/C23H26N4O4.C3H8O.C2H6/c1-16-11-19(16)22(30)24-20-13-27(25-21(20)14-28)18-6-4-5-17(12-18)7-8-23(2,31)9-10-26(3)15-29;1-3-4-2;1-2/h4-6,12-16,19,31H,9-11H2,1-3H3,(H,24,30);3H2,1-2H3;1-2H3. The lowest BCUT2D eigenvalue weighted by Crippen LogP contribution is -2.29. The van der Waals surface area contributed by atoms with E-state index in [1.807, 2.05) is 27.7 Å². The Morgan fingerprint density at radius 2 is 2.03 bits per heavy atom. The maximum Gasteiger partial charge on any atom is 0.227 e. The normalized spacial score (nSPS) is 16.8. The number of aromatic nitrogens is 2. The average molecular weight is 513 g/mol. The van der Waals surface area contributed by atoms with Gasteiger partial charge in [-0.3, -0.25) is 14.4 Å². The molecular formula is C28H40N4O5. The summed E-state index contributed by atoms with van der Waals surface area (Å²) in [4.78, 5) is 35.8. The topological polar surface area (TPSA) is 114 Å². The Kier molecular flexibility index (Phi) is 13.3. The molecule has 37 heavy (non-hydrogen) atoms. The minimum atomic E-state index is -1.25. The number of carbonyl (C=O) groups is 3. The van der Waals surface area contributed by atoms with Gasteiger partial charge in [0.15, 0.2) is 6.29 Å². The Hall–Kier alpha value is -3.48. The van der Waals surface area contributed by atoms with Crippen molar-refractivity contribution in [1.29, 1.82) is 0 Å². The average Bonchev–Trinajstić information content (AvgIpc) is 3.52. The van der Waals surface area contributed by atoms with Crippen molar-refractivity contribution >= 4 is 24.3 Å². The fourth-order valence-corrected chi connectivity index (χ4v) is 3.06. The van der Waals surface area contributed by atoms with Crippen LogP contribution in [0.1, 0.15) is 63.5 Å². The fraction of sp³-hybridized carbons (Fsp3) is 0.500. The van der Waals surface area contributed by atoms with E-state index in [9.17, 15) is 19.5 Å². The first-order chi connectivity index (χ1) is 17.6. The summed E-state index contributed by atoms with van der Waals surface area (Å²) >= 11 is 0. The predicted molar refractivity (Wildman–Crippen MR) is 145 cm³/mol. The molecule has 1 saturated carbocycles. The minimum Gasteiger partial charge on any atom is -0.385 e. The van der Waals surface area contributed by atoms with Crippen molar-refractivity contribution < 1.29 is 24.2 Å². The number of aldehydes is 1. The molecule has 0 bridgehead atoms. The zero-order valence-corrected chi connectivity index (χ0v) is 22.9. The van der Waals surface area contributed by atoms with Gasteiger partial charge in [0, 0.05) is 45.2 Å². The van der Waals surface area contributed by atoms with Crippen LogP contribution >= 0.6 is 0 Å². The number of nitrogens with one attached hydrogen (secondary N) is 1. The van der Waals surface area contributed by atoms with Crippen LogP contribution in [0.2, 0.25) is 0 Å². The van der Waals surface area contributed by atoms with E-state index in [-0.39, 0.29) is 17.5 Å². The van der Waals surface area contributed by atoms with Crippen LogP contribution in [0, 0.1) is 23.7 Å². The molecule has 1 fully saturated rings. The van der Waals surface area contributed by atoms with Crippen LogP contribution in [0.25, 0.3) is 5.69 Å². The number of carbonyl (C=O) groups excluding carboxylic acids is 3. The number of ether oxygens (including phenoxy) is 1. The maximum absolute atomic E-state index is 12.2. The van der Waals surface area contributed by atoms with E-state index >= 15 is 0 Å². The zero-order chi connectivity index (χ0) is 28.0. The lowest BCUT2D eigenvalue weighted by Gasteiger charge is -2.19. The molecule has 3 atom stereocenters. The summed E-state index contributed by atoms with van der Waals surface area (Å²) in [5, 5.41) is 17.5. The minimum absolute atomic E-state index is 0.0134. The first-order valence-corrected chi connectivity index (χ1v) is 12.5. The molecule has 9 nitrogen and oxygen atoms in total. The molecule has 3 unspecified atom stereocenters. The van der Waals surface area contributed by atoms with Gasteiger partial charge in [0.25, 0.3) is 0 Å². The van der Waals surface area contributed by atoms with Crippen LogP contribution in [0.15, 0.2) is 30.5 Å².